The van der Waals surface area contributed by atoms with Crippen molar-refractivity contribution in [2.24, 2.45) is 4.99 Å². The van der Waals surface area contributed by atoms with Crippen LogP contribution in [-0.2, 0) is 6.54 Å². The first-order valence-corrected chi connectivity index (χ1v) is 9.02. The van der Waals surface area contributed by atoms with Gasteiger partial charge in [0.25, 0.3) is 5.91 Å². The van der Waals surface area contributed by atoms with Crippen molar-refractivity contribution in [1.29, 1.82) is 0 Å². The number of fused-ring (bicyclic) bond motifs is 1. The van der Waals surface area contributed by atoms with E-state index in [1.54, 1.807) is 51.7 Å². The highest BCUT2D eigenvalue weighted by molar-refractivity contribution is 7.16. The lowest BCUT2D eigenvalue weighted by molar-refractivity contribution is 0.0998. The average Bonchev–Trinajstić information content (AvgIpc) is 3.03. The van der Waals surface area contributed by atoms with Crippen molar-refractivity contribution < 1.29 is 19.0 Å². The van der Waals surface area contributed by atoms with Gasteiger partial charge in [0.1, 0.15) is 5.75 Å². The molecule has 3 aromatic rings. The lowest BCUT2D eigenvalue weighted by Crippen LogP contribution is -2.16. The molecule has 0 fully saturated rings. The minimum atomic E-state index is -0.319. The lowest BCUT2D eigenvalue weighted by atomic mass is 10.2. The zero-order chi connectivity index (χ0) is 19.4. The molecule has 0 aliphatic rings. The summed E-state index contributed by atoms with van der Waals surface area (Å²) in [4.78, 5) is 17.5. The Labute approximate surface area is 161 Å². The maximum absolute atomic E-state index is 12.6. The number of amides is 1. The van der Waals surface area contributed by atoms with Crippen LogP contribution in [0.3, 0.4) is 0 Å². The van der Waals surface area contributed by atoms with E-state index in [4.69, 9.17) is 14.2 Å². The van der Waals surface area contributed by atoms with Gasteiger partial charge in [-0.3, -0.25) is 4.79 Å². The predicted molar refractivity (Wildman–Crippen MR) is 106 cm³/mol. The molecule has 1 amide bonds. The van der Waals surface area contributed by atoms with Gasteiger partial charge in [-0.2, -0.15) is 4.99 Å². The van der Waals surface area contributed by atoms with Gasteiger partial charge in [0.2, 0.25) is 0 Å². The van der Waals surface area contributed by atoms with Gasteiger partial charge in [-0.1, -0.05) is 17.4 Å². The number of carbonyl (C=O) groups excluding carboxylic acids is 1. The Hall–Kier alpha value is -3.06. The number of nitrogens with zero attached hydrogens (tertiary/aromatic N) is 2. The quantitative estimate of drug-likeness (QED) is 0.609. The number of methoxy groups -OCH3 is 3. The molecule has 140 valence electrons. The second-order valence-corrected chi connectivity index (χ2v) is 6.61. The summed E-state index contributed by atoms with van der Waals surface area (Å²) in [5.74, 6) is 1.62. The van der Waals surface area contributed by atoms with Crippen LogP contribution in [0.15, 0.2) is 54.0 Å². The number of rotatable bonds is 6. The maximum Gasteiger partial charge on any atom is 0.279 e. The van der Waals surface area contributed by atoms with E-state index in [9.17, 15) is 4.79 Å². The molecule has 7 heteroatoms. The first kappa shape index (κ1) is 18.7. The fraction of sp³-hybridized carbons (Fsp3) is 0.200. The summed E-state index contributed by atoms with van der Waals surface area (Å²) >= 11 is 1.41. The molecule has 0 saturated heterocycles. The van der Waals surface area contributed by atoms with Gasteiger partial charge in [0.15, 0.2) is 16.3 Å². The van der Waals surface area contributed by atoms with E-state index in [-0.39, 0.29) is 5.91 Å². The van der Waals surface area contributed by atoms with Gasteiger partial charge >= 0.3 is 0 Å². The van der Waals surface area contributed by atoms with Crippen LogP contribution in [0.4, 0.5) is 0 Å². The van der Waals surface area contributed by atoms with Crippen LogP contribution in [0.2, 0.25) is 0 Å². The van der Waals surface area contributed by atoms with Gasteiger partial charge in [0.05, 0.1) is 31.5 Å². The normalized spacial score (nSPS) is 11.4. The predicted octanol–water partition coefficient (Wildman–Crippen LogP) is 3.66. The summed E-state index contributed by atoms with van der Waals surface area (Å²) in [6, 6.07) is 10.6. The van der Waals surface area contributed by atoms with Crippen molar-refractivity contribution in [3.05, 3.63) is 59.4 Å². The molecule has 0 spiro atoms. The number of ether oxygens (including phenoxy) is 3. The van der Waals surface area contributed by atoms with Gasteiger partial charge in [-0.05, 0) is 24.3 Å². The molecule has 6 nitrogen and oxygen atoms in total. The van der Waals surface area contributed by atoms with E-state index < -0.39 is 0 Å². The number of hydrogen-bond donors (Lipinski definition) is 0. The van der Waals surface area contributed by atoms with Crippen LogP contribution in [0.5, 0.6) is 17.2 Å². The third-order valence-electron chi connectivity index (χ3n) is 4.03. The SMILES string of the molecule is C=CCn1c(=NC(=O)c2ccc(OC)cc2)sc2cc(OC)c(OC)cc21. The van der Waals surface area contributed by atoms with E-state index in [0.717, 1.165) is 10.2 Å². The second-order valence-electron chi connectivity index (χ2n) is 5.60. The Balaban J connectivity index is 2.13. The molecule has 1 aromatic heterocycles. The molecule has 0 atom stereocenters. The zero-order valence-electron chi connectivity index (χ0n) is 15.4. The molecule has 0 radical (unpaired) electrons. The van der Waals surface area contributed by atoms with Crippen molar-refractivity contribution in [3.63, 3.8) is 0 Å². The highest BCUT2D eigenvalue weighted by Gasteiger charge is 2.13. The summed E-state index contributed by atoms with van der Waals surface area (Å²) in [5.41, 5.74) is 1.40. The number of benzene rings is 2. The van der Waals surface area contributed by atoms with Crippen molar-refractivity contribution >= 4 is 27.5 Å². The van der Waals surface area contributed by atoms with E-state index in [1.165, 1.54) is 11.3 Å². The molecule has 1 heterocycles. The summed E-state index contributed by atoms with van der Waals surface area (Å²) in [7, 11) is 4.76. The molecule has 27 heavy (non-hydrogen) atoms. The Kier molecular flexibility index (Phi) is 5.61. The number of allylic oxidation sites excluding steroid dienone is 1. The van der Waals surface area contributed by atoms with E-state index >= 15 is 0 Å². The van der Waals surface area contributed by atoms with Crippen molar-refractivity contribution in [2.75, 3.05) is 21.3 Å². The van der Waals surface area contributed by atoms with Crippen molar-refractivity contribution in [1.82, 2.24) is 4.57 Å². The fourth-order valence-corrected chi connectivity index (χ4v) is 3.72. The molecule has 3 rings (SSSR count). The Bertz CT molecular complexity index is 1050. The zero-order valence-corrected chi connectivity index (χ0v) is 16.2. The van der Waals surface area contributed by atoms with Crippen LogP contribution in [0.1, 0.15) is 10.4 Å². The molecule has 0 unspecified atom stereocenters. The summed E-state index contributed by atoms with van der Waals surface area (Å²) in [5, 5.41) is 0. The molecule has 0 bridgehead atoms. The molecular formula is C20H20N2O4S. The first-order valence-electron chi connectivity index (χ1n) is 8.20. The molecule has 0 aliphatic carbocycles. The van der Waals surface area contributed by atoms with Crippen LogP contribution < -0.4 is 19.0 Å². The summed E-state index contributed by atoms with van der Waals surface area (Å²) < 4.78 is 18.7. The van der Waals surface area contributed by atoms with E-state index in [2.05, 4.69) is 11.6 Å². The number of aromatic nitrogens is 1. The highest BCUT2D eigenvalue weighted by Crippen LogP contribution is 2.33. The van der Waals surface area contributed by atoms with E-state index in [1.807, 2.05) is 16.7 Å². The molecular weight excluding hydrogens is 364 g/mol. The largest absolute Gasteiger partial charge is 0.497 e. The van der Waals surface area contributed by atoms with Gasteiger partial charge in [-0.15, -0.1) is 6.58 Å². The second kappa shape index (κ2) is 8.09. The van der Waals surface area contributed by atoms with Crippen molar-refractivity contribution in [3.8, 4) is 17.2 Å². The summed E-state index contributed by atoms with van der Waals surface area (Å²) in [6.45, 7) is 4.32. The van der Waals surface area contributed by atoms with Crippen LogP contribution >= 0.6 is 11.3 Å². The number of carbonyl (C=O) groups is 1. The maximum atomic E-state index is 12.6. The molecule has 0 saturated carbocycles. The molecule has 2 aromatic carbocycles. The molecule has 0 N–H and O–H groups in total. The van der Waals surface area contributed by atoms with Gasteiger partial charge < -0.3 is 18.8 Å². The lowest BCUT2D eigenvalue weighted by Gasteiger charge is -2.08. The molecule has 0 aliphatic heterocycles. The van der Waals surface area contributed by atoms with Crippen molar-refractivity contribution in [2.45, 2.75) is 6.54 Å². The van der Waals surface area contributed by atoms with E-state index in [0.29, 0.717) is 34.2 Å². The topological polar surface area (TPSA) is 62.1 Å². The number of thiazole rings is 1. The highest BCUT2D eigenvalue weighted by atomic mass is 32.1. The van der Waals surface area contributed by atoms with Crippen LogP contribution in [0, 0.1) is 0 Å². The number of hydrogen-bond acceptors (Lipinski definition) is 5. The Morgan fingerprint density at radius 3 is 2.37 bits per heavy atom. The minimum absolute atomic E-state index is 0.319. The Morgan fingerprint density at radius 2 is 1.78 bits per heavy atom. The van der Waals surface area contributed by atoms with Crippen LogP contribution in [0.25, 0.3) is 10.2 Å². The van der Waals surface area contributed by atoms with Gasteiger partial charge in [-0.25, -0.2) is 0 Å². The average molecular weight is 384 g/mol. The van der Waals surface area contributed by atoms with Crippen LogP contribution in [-0.4, -0.2) is 31.8 Å². The van der Waals surface area contributed by atoms with Gasteiger partial charge in [0, 0.05) is 24.2 Å². The summed E-state index contributed by atoms with van der Waals surface area (Å²) in [6.07, 6.45) is 1.76. The third-order valence-corrected chi connectivity index (χ3v) is 5.08. The standard InChI is InChI=1S/C20H20N2O4S/c1-5-10-22-15-11-16(25-3)17(26-4)12-18(15)27-20(22)21-19(23)13-6-8-14(24-2)9-7-13/h5-9,11-12H,1,10H2,2-4H3. The Morgan fingerprint density at radius 1 is 1.11 bits per heavy atom. The smallest absolute Gasteiger partial charge is 0.279 e. The fourth-order valence-electron chi connectivity index (χ4n) is 2.67. The first-order chi connectivity index (χ1) is 13.1. The minimum Gasteiger partial charge on any atom is -0.497 e. The monoisotopic (exact) mass is 384 g/mol. The third kappa shape index (κ3) is 3.73.